The first-order valence-corrected chi connectivity index (χ1v) is 9.44. The lowest BCUT2D eigenvalue weighted by atomic mass is 9.72. The molecule has 0 bridgehead atoms. The number of nitrogens with zero attached hydrogens (tertiary/aromatic N) is 2. The Bertz CT molecular complexity index is 900. The number of benzene rings is 1. The standard InChI is InChI=1S/C19H23FN4O2.ClH/c20-14-7-13(26-9-12-1-2-12)8-15-16(14)17(25)23-18(22-15)24-10-19(11-24)3-5-21-6-4-19;/h7-8,12,21H,1-6,9-11H2,(H,22,23,25);1H. The van der Waals surface area contributed by atoms with Crippen molar-refractivity contribution >= 4 is 29.3 Å². The Morgan fingerprint density at radius 1 is 1.26 bits per heavy atom. The summed E-state index contributed by atoms with van der Waals surface area (Å²) in [6.45, 7) is 4.47. The van der Waals surface area contributed by atoms with Crippen molar-refractivity contribution in [2.24, 2.45) is 11.3 Å². The largest absolute Gasteiger partial charge is 0.493 e. The number of rotatable bonds is 4. The van der Waals surface area contributed by atoms with E-state index in [2.05, 4.69) is 20.2 Å². The van der Waals surface area contributed by atoms with Gasteiger partial charge in [-0.1, -0.05) is 0 Å². The van der Waals surface area contributed by atoms with Gasteiger partial charge in [0.15, 0.2) is 0 Å². The Hall–Kier alpha value is -1.86. The van der Waals surface area contributed by atoms with E-state index in [1.807, 2.05) is 0 Å². The van der Waals surface area contributed by atoms with Crippen molar-refractivity contribution < 1.29 is 9.13 Å². The van der Waals surface area contributed by atoms with Gasteiger partial charge < -0.3 is 15.0 Å². The fourth-order valence-electron chi connectivity index (χ4n) is 4.11. The molecule has 1 aromatic carbocycles. The number of piperidine rings is 1. The molecule has 2 N–H and O–H groups in total. The van der Waals surface area contributed by atoms with Crippen molar-refractivity contribution in [2.45, 2.75) is 25.7 Å². The van der Waals surface area contributed by atoms with Crippen molar-refractivity contribution in [1.82, 2.24) is 15.3 Å². The maximum absolute atomic E-state index is 14.4. The van der Waals surface area contributed by atoms with Gasteiger partial charge in [-0.3, -0.25) is 9.78 Å². The molecule has 0 radical (unpaired) electrons. The number of anilines is 1. The van der Waals surface area contributed by atoms with Gasteiger partial charge in [-0.25, -0.2) is 9.37 Å². The topological polar surface area (TPSA) is 70.2 Å². The molecule has 3 fully saturated rings. The summed E-state index contributed by atoms with van der Waals surface area (Å²) in [5.41, 5.74) is 0.266. The Morgan fingerprint density at radius 2 is 2.00 bits per heavy atom. The van der Waals surface area contributed by atoms with Crippen LogP contribution in [-0.4, -0.2) is 42.8 Å². The molecule has 27 heavy (non-hydrogen) atoms. The summed E-state index contributed by atoms with van der Waals surface area (Å²) in [6.07, 6.45) is 4.64. The van der Waals surface area contributed by atoms with Crippen molar-refractivity contribution in [3.8, 4) is 5.75 Å². The molecule has 1 saturated carbocycles. The van der Waals surface area contributed by atoms with Crippen LogP contribution < -0.4 is 20.5 Å². The van der Waals surface area contributed by atoms with Gasteiger partial charge in [0.05, 0.1) is 12.1 Å². The first-order valence-electron chi connectivity index (χ1n) is 9.44. The van der Waals surface area contributed by atoms with Crippen molar-refractivity contribution in [3.05, 3.63) is 28.3 Å². The van der Waals surface area contributed by atoms with E-state index in [1.165, 1.54) is 18.9 Å². The molecule has 3 aliphatic rings. The summed E-state index contributed by atoms with van der Waals surface area (Å²) < 4.78 is 20.1. The molecule has 1 aromatic heterocycles. The number of hydrogen-bond donors (Lipinski definition) is 2. The lowest BCUT2D eigenvalue weighted by Gasteiger charge is -2.52. The highest BCUT2D eigenvalue weighted by Gasteiger charge is 2.44. The second kappa shape index (κ2) is 6.95. The molecule has 0 atom stereocenters. The Balaban J connectivity index is 0.00000180. The monoisotopic (exact) mass is 394 g/mol. The quantitative estimate of drug-likeness (QED) is 0.833. The lowest BCUT2D eigenvalue weighted by molar-refractivity contribution is 0.148. The summed E-state index contributed by atoms with van der Waals surface area (Å²) in [5, 5.41) is 3.39. The number of ether oxygens (including phenoxy) is 1. The number of fused-ring (bicyclic) bond motifs is 1. The number of aromatic nitrogens is 2. The van der Waals surface area contributed by atoms with E-state index in [1.54, 1.807) is 6.07 Å². The third kappa shape index (κ3) is 3.50. The second-order valence-electron chi connectivity index (χ2n) is 8.05. The average Bonchev–Trinajstić information content (AvgIpc) is 3.42. The van der Waals surface area contributed by atoms with E-state index in [0.717, 1.165) is 39.0 Å². The van der Waals surface area contributed by atoms with E-state index in [0.29, 0.717) is 35.2 Å². The molecule has 2 aliphatic heterocycles. The summed E-state index contributed by atoms with van der Waals surface area (Å²) in [5.74, 6) is 0.987. The molecule has 1 spiro atoms. The van der Waals surface area contributed by atoms with E-state index in [-0.39, 0.29) is 17.8 Å². The number of aromatic amines is 1. The molecular weight excluding hydrogens is 371 g/mol. The minimum Gasteiger partial charge on any atom is -0.493 e. The third-order valence-electron chi connectivity index (χ3n) is 5.92. The molecule has 146 valence electrons. The maximum atomic E-state index is 14.4. The summed E-state index contributed by atoms with van der Waals surface area (Å²) in [4.78, 5) is 21.8. The van der Waals surface area contributed by atoms with E-state index in [4.69, 9.17) is 4.74 Å². The zero-order valence-electron chi connectivity index (χ0n) is 15.1. The molecule has 8 heteroatoms. The molecule has 3 heterocycles. The van der Waals surface area contributed by atoms with Gasteiger partial charge in [-0.05, 0) is 44.7 Å². The normalized spacial score (nSPS) is 21.0. The van der Waals surface area contributed by atoms with Crippen LogP contribution in [0.15, 0.2) is 16.9 Å². The molecule has 0 amide bonds. The van der Waals surface area contributed by atoms with Gasteiger partial charge in [-0.15, -0.1) is 12.4 Å². The van der Waals surface area contributed by atoms with Crippen molar-refractivity contribution in [2.75, 3.05) is 37.7 Å². The molecule has 1 aliphatic carbocycles. The van der Waals surface area contributed by atoms with Gasteiger partial charge in [0.2, 0.25) is 5.95 Å². The van der Waals surface area contributed by atoms with Gasteiger partial charge in [0.25, 0.3) is 5.56 Å². The fourth-order valence-corrected chi connectivity index (χ4v) is 4.11. The number of hydrogen-bond acceptors (Lipinski definition) is 5. The predicted octanol–water partition coefficient (Wildman–Crippen LogP) is 2.46. The Kier molecular flexibility index (Phi) is 4.76. The highest BCUT2D eigenvalue weighted by atomic mass is 35.5. The highest BCUT2D eigenvalue weighted by molar-refractivity contribution is 5.85. The zero-order valence-corrected chi connectivity index (χ0v) is 15.9. The molecule has 5 rings (SSSR count). The van der Waals surface area contributed by atoms with Crippen LogP contribution in [0.4, 0.5) is 10.3 Å². The second-order valence-corrected chi connectivity index (χ2v) is 8.05. The predicted molar refractivity (Wildman–Crippen MR) is 105 cm³/mol. The summed E-state index contributed by atoms with van der Waals surface area (Å²) in [7, 11) is 0. The van der Waals surface area contributed by atoms with Crippen molar-refractivity contribution in [1.29, 1.82) is 0 Å². The van der Waals surface area contributed by atoms with E-state index in [9.17, 15) is 9.18 Å². The van der Waals surface area contributed by atoms with Crippen LogP contribution in [0.2, 0.25) is 0 Å². The van der Waals surface area contributed by atoms with E-state index < -0.39 is 11.4 Å². The molecule has 6 nitrogen and oxygen atoms in total. The fraction of sp³-hybridized carbons (Fsp3) is 0.579. The van der Waals surface area contributed by atoms with Crippen LogP contribution in [0.25, 0.3) is 10.9 Å². The third-order valence-corrected chi connectivity index (χ3v) is 5.92. The SMILES string of the molecule is Cl.O=c1[nH]c(N2CC3(CCNCC3)C2)nc2cc(OCC3CC3)cc(F)c12. The summed E-state index contributed by atoms with van der Waals surface area (Å²) in [6, 6.07) is 2.97. The zero-order chi connectivity index (χ0) is 17.7. The molecule has 2 saturated heterocycles. The molecule has 2 aromatic rings. The number of H-pyrrole nitrogens is 1. The number of nitrogens with one attached hydrogen (secondary N) is 2. The number of halogens is 2. The average molecular weight is 395 g/mol. The molecule has 0 unspecified atom stereocenters. The minimum atomic E-state index is -0.577. The van der Waals surface area contributed by atoms with E-state index >= 15 is 0 Å². The van der Waals surface area contributed by atoms with Gasteiger partial charge in [0, 0.05) is 30.6 Å². The van der Waals surface area contributed by atoms with Crippen molar-refractivity contribution in [3.63, 3.8) is 0 Å². The van der Waals surface area contributed by atoms with Crippen LogP contribution in [0.1, 0.15) is 25.7 Å². The smallest absolute Gasteiger partial charge is 0.263 e. The minimum absolute atomic E-state index is 0. The summed E-state index contributed by atoms with van der Waals surface area (Å²) >= 11 is 0. The first-order chi connectivity index (χ1) is 12.6. The Morgan fingerprint density at radius 3 is 2.70 bits per heavy atom. The Labute approximate surface area is 162 Å². The maximum Gasteiger partial charge on any atom is 0.263 e. The van der Waals surface area contributed by atoms with Crippen LogP contribution >= 0.6 is 12.4 Å². The van der Waals surface area contributed by atoms with Gasteiger partial charge >= 0.3 is 0 Å². The lowest BCUT2D eigenvalue weighted by Crippen LogP contribution is -2.60. The van der Waals surface area contributed by atoms with Crippen LogP contribution in [0, 0.1) is 17.2 Å². The first kappa shape index (κ1) is 18.5. The van der Waals surface area contributed by atoms with Crippen LogP contribution in [0.3, 0.4) is 0 Å². The van der Waals surface area contributed by atoms with Crippen LogP contribution in [0.5, 0.6) is 5.75 Å². The highest BCUT2D eigenvalue weighted by Crippen LogP contribution is 2.40. The van der Waals surface area contributed by atoms with Gasteiger partial charge in [0.1, 0.15) is 17.0 Å². The van der Waals surface area contributed by atoms with Crippen LogP contribution in [-0.2, 0) is 0 Å². The molecular formula is C19H24ClFN4O2. The van der Waals surface area contributed by atoms with Gasteiger partial charge in [-0.2, -0.15) is 0 Å².